The van der Waals surface area contributed by atoms with Gasteiger partial charge in [-0.15, -0.1) is 0 Å². The van der Waals surface area contributed by atoms with Gasteiger partial charge >= 0.3 is 0 Å². The molecule has 1 aliphatic rings. The molecule has 0 aliphatic carbocycles. The van der Waals surface area contributed by atoms with E-state index in [1.807, 2.05) is 12.1 Å². The molecule has 0 aromatic heterocycles. The molecule has 0 radical (unpaired) electrons. The summed E-state index contributed by atoms with van der Waals surface area (Å²) in [5, 5.41) is 2.98. The molecule has 1 aromatic carbocycles. The van der Waals surface area contributed by atoms with E-state index in [0.717, 1.165) is 19.6 Å². The van der Waals surface area contributed by atoms with Gasteiger partial charge in [0, 0.05) is 19.5 Å². The maximum absolute atomic E-state index is 11.7. The van der Waals surface area contributed by atoms with Crippen molar-refractivity contribution in [2.75, 3.05) is 19.6 Å². The predicted molar refractivity (Wildman–Crippen MR) is 73.3 cm³/mol. The van der Waals surface area contributed by atoms with Gasteiger partial charge in [0.15, 0.2) is 0 Å². The monoisotopic (exact) mass is 246 g/mol. The summed E-state index contributed by atoms with van der Waals surface area (Å²) in [6.45, 7) is 5.93. The van der Waals surface area contributed by atoms with E-state index in [1.54, 1.807) is 0 Å². The van der Waals surface area contributed by atoms with Crippen LogP contribution >= 0.6 is 0 Å². The molecule has 98 valence electrons. The van der Waals surface area contributed by atoms with Gasteiger partial charge in [-0.05, 0) is 38.4 Å². The van der Waals surface area contributed by atoms with Gasteiger partial charge in [-0.25, -0.2) is 0 Å². The van der Waals surface area contributed by atoms with Gasteiger partial charge in [-0.3, -0.25) is 4.79 Å². The number of rotatable bonds is 5. The Morgan fingerprint density at radius 1 is 1.33 bits per heavy atom. The molecule has 18 heavy (non-hydrogen) atoms. The van der Waals surface area contributed by atoms with Crippen molar-refractivity contribution in [3.63, 3.8) is 0 Å². The second-order valence-corrected chi connectivity index (χ2v) is 5.06. The van der Waals surface area contributed by atoms with Crippen molar-refractivity contribution in [3.8, 4) is 0 Å². The van der Waals surface area contributed by atoms with Crippen LogP contribution in [0.25, 0.3) is 0 Å². The highest BCUT2D eigenvalue weighted by Crippen LogP contribution is 2.07. The van der Waals surface area contributed by atoms with Gasteiger partial charge in [0.2, 0.25) is 5.91 Å². The molecule has 2 rings (SSSR count). The van der Waals surface area contributed by atoms with E-state index in [-0.39, 0.29) is 5.91 Å². The lowest BCUT2D eigenvalue weighted by molar-refractivity contribution is -0.121. The summed E-state index contributed by atoms with van der Waals surface area (Å²) in [5.74, 6) is 0.156. The van der Waals surface area contributed by atoms with Crippen molar-refractivity contribution in [2.24, 2.45) is 0 Å². The third-order valence-corrected chi connectivity index (χ3v) is 3.43. The standard InChI is InChI=1S/C15H22N2O/c1-13-5-4-6-14(11-13)12-16-15(18)7-10-17-8-2-3-9-17/h4-6,11H,2-3,7-10,12H2,1H3,(H,16,18). The van der Waals surface area contributed by atoms with Gasteiger partial charge in [0.1, 0.15) is 0 Å². The van der Waals surface area contributed by atoms with E-state index < -0.39 is 0 Å². The number of hydrogen-bond donors (Lipinski definition) is 1. The Hall–Kier alpha value is -1.35. The highest BCUT2D eigenvalue weighted by molar-refractivity contribution is 5.76. The first kappa shape index (κ1) is 13.1. The Kier molecular flexibility index (Phi) is 4.76. The first-order valence-electron chi connectivity index (χ1n) is 6.78. The fourth-order valence-corrected chi connectivity index (χ4v) is 2.38. The van der Waals surface area contributed by atoms with E-state index in [9.17, 15) is 4.79 Å². The largest absolute Gasteiger partial charge is 0.352 e. The lowest BCUT2D eigenvalue weighted by Gasteiger charge is -2.14. The molecule has 0 unspecified atom stereocenters. The predicted octanol–water partition coefficient (Wildman–Crippen LogP) is 2.10. The number of benzene rings is 1. The van der Waals surface area contributed by atoms with Crippen LogP contribution in [0.3, 0.4) is 0 Å². The van der Waals surface area contributed by atoms with E-state index in [0.29, 0.717) is 13.0 Å². The molecular weight excluding hydrogens is 224 g/mol. The number of likely N-dealkylation sites (tertiary alicyclic amines) is 1. The lowest BCUT2D eigenvalue weighted by atomic mass is 10.1. The first-order valence-corrected chi connectivity index (χ1v) is 6.78. The highest BCUT2D eigenvalue weighted by Gasteiger charge is 2.12. The Bertz CT molecular complexity index is 397. The van der Waals surface area contributed by atoms with E-state index in [4.69, 9.17) is 0 Å². The molecule has 1 N–H and O–H groups in total. The Morgan fingerprint density at radius 3 is 2.83 bits per heavy atom. The van der Waals surface area contributed by atoms with Crippen LogP contribution in [-0.2, 0) is 11.3 Å². The minimum atomic E-state index is 0.156. The SMILES string of the molecule is Cc1cccc(CNC(=O)CCN2CCCC2)c1. The van der Waals surface area contributed by atoms with Crippen LogP contribution in [-0.4, -0.2) is 30.4 Å². The van der Waals surface area contributed by atoms with E-state index in [1.165, 1.54) is 24.0 Å². The maximum atomic E-state index is 11.7. The van der Waals surface area contributed by atoms with Gasteiger partial charge in [-0.1, -0.05) is 29.8 Å². The molecule has 1 aliphatic heterocycles. The number of hydrogen-bond acceptors (Lipinski definition) is 2. The molecule has 1 saturated heterocycles. The van der Waals surface area contributed by atoms with Gasteiger partial charge in [0.25, 0.3) is 0 Å². The zero-order chi connectivity index (χ0) is 12.8. The van der Waals surface area contributed by atoms with Crippen molar-refractivity contribution >= 4 is 5.91 Å². The number of carbonyl (C=O) groups excluding carboxylic acids is 1. The van der Waals surface area contributed by atoms with Crippen LogP contribution in [0.1, 0.15) is 30.4 Å². The minimum Gasteiger partial charge on any atom is -0.352 e. The fraction of sp³-hybridized carbons (Fsp3) is 0.533. The lowest BCUT2D eigenvalue weighted by Crippen LogP contribution is -2.29. The number of amides is 1. The summed E-state index contributed by atoms with van der Waals surface area (Å²) < 4.78 is 0. The van der Waals surface area contributed by atoms with Gasteiger partial charge in [-0.2, -0.15) is 0 Å². The smallest absolute Gasteiger partial charge is 0.221 e. The second-order valence-electron chi connectivity index (χ2n) is 5.06. The summed E-state index contributed by atoms with van der Waals surface area (Å²) >= 11 is 0. The van der Waals surface area contributed by atoms with Crippen molar-refractivity contribution in [1.82, 2.24) is 10.2 Å². The van der Waals surface area contributed by atoms with Crippen molar-refractivity contribution in [1.29, 1.82) is 0 Å². The minimum absolute atomic E-state index is 0.156. The first-order chi connectivity index (χ1) is 8.74. The number of nitrogens with one attached hydrogen (secondary N) is 1. The second kappa shape index (κ2) is 6.55. The summed E-state index contributed by atoms with van der Waals surface area (Å²) in [7, 11) is 0. The molecule has 1 fully saturated rings. The molecule has 0 atom stereocenters. The van der Waals surface area contributed by atoms with Crippen LogP contribution in [0, 0.1) is 6.92 Å². The molecule has 3 nitrogen and oxygen atoms in total. The summed E-state index contributed by atoms with van der Waals surface area (Å²) in [4.78, 5) is 14.1. The van der Waals surface area contributed by atoms with Crippen molar-refractivity contribution < 1.29 is 4.79 Å². The van der Waals surface area contributed by atoms with Crippen LogP contribution < -0.4 is 5.32 Å². The molecule has 1 amide bonds. The Balaban J connectivity index is 1.68. The van der Waals surface area contributed by atoms with E-state index in [2.05, 4.69) is 29.3 Å². The van der Waals surface area contributed by atoms with Crippen LogP contribution in [0.2, 0.25) is 0 Å². The van der Waals surface area contributed by atoms with Crippen LogP contribution in [0.5, 0.6) is 0 Å². The normalized spacial score (nSPS) is 15.8. The molecule has 3 heteroatoms. The third kappa shape index (κ3) is 4.15. The van der Waals surface area contributed by atoms with Crippen molar-refractivity contribution in [3.05, 3.63) is 35.4 Å². The molecular formula is C15H22N2O. The topological polar surface area (TPSA) is 32.3 Å². The van der Waals surface area contributed by atoms with Gasteiger partial charge in [0.05, 0.1) is 0 Å². The van der Waals surface area contributed by atoms with Crippen LogP contribution in [0.15, 0.2) is 24.3 Å². The highest BCUT2D eigenvalue weighted by atomic mass is 16.1. The zero-order valence-electron chi connectivity index (χ0n) is 11.1. The Morgan fingerprint density at radius 2 is 2.11 bits per heavy atom. The number of aryl methyl sites for hydroxylation is 1. The van der Waals surface area contributed by atoms with Gasteiger partial charge < -0.3 is 10.2 Å². The average molecular weight is 246 g/mol. The zero-order valence-corrected chi connectivity index (χ0v) is 11.1. The summed E-state index contributed by atoms with van der Waals surface area (Å²) in [6, 6.07) is 8.26. The van der Waals surface area contributed by atoms with Crippen LogP contribution in [0.4, 0.5) is 0 Å². The fourth-order valence-electron chi connectivity index (χ4n) is 2.38. The summed E-state index contributed by atoms with van der Waals surface area (Å²) in [6.07, 6.45) is 3.18. The van der Waals surface area contributed by atoms with Crippen molar-refractivity contribution in [2.45, 2.75) is 32.7 Å². The Labute approximate surface area is 109 Å². The molecule has 0 bridgehead atoms. The average Bonchev–Trinajstić information content (AvgIpc) is 2.87. The summed E-state index contributed by atoms with van der Waals surface area (Å²) in [5.41, 5.74) is 2.41. The molecule has 1 aromatic rings. The number of carbonyl (C=O) groups is 1. The molecule has 0 spiro atoms. The number of nitrogens with zero attached hydrogens (tertiary/aromatic N) is 1. The molecule has 0 saturated carbocycles. The maximum Gasteiger partial charge on any atom is 0.221 e. The molecule has 1 heterocycles. The van der Waals surface area contributed by atoms with E-state index >= 15 is 0 Å². The third-order valence-electron chi connectivity index (χ3n) is 3.43. The quantitative estimate of drug-likeness (QED) is 0.863.